The predicted molar refractivity (Wildman–Crippen MR) is 72.1 cm³/mol. The van der Waals surface area contributed by atoms with E-state index in [9.17, 15) is 4.39 Å². The lowest BCUT2D eigenvalue weighted by molar-refractivity contribution is 0.569. The predicted octanol–water partition coefficient (Wildman–Crippen LogP) is 3.53. The number of aromatic nitrogens is 2. The third kappa shape index (κ3) is 2.77. The fourth-order valence-corrected chi connectivity index (χ4v) is 2.10. The van der Waals surface area contributed by atoms with E-state index in [1.807, 2.05) is 0 Å². The Bertz CT molecular complexity index is 511. The molecule has 2 unspecified atom stereocenters. The van der Waals surface area contributed by atoms with Gasteiger partial charge in [-0.2, -0.15) is 0 Å². The summed E-state index contributed by atoms with van der Waals surface area (Å²) in [6, 6.07) is 4.83. The van der Waals surface area contributed by atoms with Gasteiger partial charge in [-0.05, 0) is 31.0 Å². The van der Waals surface area contributed by atoms with E-state index >= 15 is 0 Å². The molecule has 2 N–H and O–H groups in total. The zero-order valence-electron chi connectivity index (χ0n) is 9.80. The second-order valence-electron chi connectivity index (χ2n) is 4.31. The first-order valence-electron chi connectivity index (χ1n) is 5.58. The number of alkyl halides is 1. The summed E-state index contributed by atoms with van der Waals surface area (Å²) in [5, 5.41) is 4.21. The molecule has 5 heteroatoms. The molecule has 0 saturated heterocycles. The molecule has 0 amide bonds. The molecule has 1 heterocycles. The largest absolute Gasteiger partial charge is 0.353 e. The monoisotopic (exact) mass is 299 g/mol. The van der Waals surface area contributed by atoms with Crippen molar-refractivity contribution < 1.29 is 4.39 Å². The second-order valence-corrected chi connectivity index (χ2v) is 4.96. The van der Waals surface area contributed by atoms with Crippen molar-refractivity contribution in [3.8, 4) is 0 Å². The van der Waals surface area contributed by atoms with Crippen LogP contribution in [0.1, 0.15) is 13.8 Å². The smallest absolute Gasteiger partial charge is 0.201 e. The molecule has 92 valence electrons. The number of hydrogen-bond acceptors (Lipinski definition) is 2. The molecule has 1 aromatic heterocycles. The Morgan fingerprint density at radius 1 is 1.47 bits per heavy atom. The Hall–Kier alpha value is -1.10. The lowest BCUT2D eigenvalue weighted by atomic mass is 10.1. The number of imidazole rings is 1. The molecule has 0 aliphatic rings. The Morgan fingerprint density at radius 2 is 2.24 bits per heavy atom. The van der Waals surface area contributed by atoms with Gasteiger partial charge in [-0.25, -0.2) is 9.37 Å². The number of nitrogens with one attached hydrogen (secondary N) is 2. The first-order valence-corrected chi connectivity index (χ1v) is 6.70. The highest BCUT2D eigenvalue weighted by Gasteiger charge is 2.12. The summed E-state index contributed by atoms with van der Waals surface area (Å²) in [4.78, 5) is 7.43. The van der Waals surface area contributed by atoms with E-state index in [4.69, 9.17) is 0 Å². The van der Waals surface area contributed by atoms with Gasteiger partial charge in [0.25, 0.3) is 0 Å². The number of rotatable bonds is 4. The molecule has 0 spiro atoms. The number of halogens is 2. The van der Waals surface area contributed by atoms with E-state index in [0.29, 0.717) is 23.4 Å². The quantitative estimate of drug-likeness (QED) is 0.848. The van der Waals surface area contributed by atoms with E-state index in [2.05, 4.69) is 45.1 Å². The minimum absolute atomic E-state index is 0.255. The van der Waals surface area contributed by atoms with Crippen LogP contribution >= 0.6 is 15.9 Å². The van der Waals surface area contributed by atoms with Crippen LogP contribution in [0, 0.1) is 11.7 Å². The maximum absolute atomic E-state index is 13.0. The molecule has 2 rings (SSSR count). The molecule has 17 heavy (non-hydrogen) atoms. The van der Waals surface area contributed by atoms with Crippen LogP contribution in [0.2, 0.25) is 0 Å². The van der Waals surface area contributed by atoms with Gasteiger partial charge in [0.2, 0.25) is 5.95 Å². The van der Waals surface area contributed by atoms with Gasteiger partial charge in [-0.1, -0.05) is 22.9 Å². The van der Waals surface area contributed by atoms with Gasteiger partial charge in [-0.15, -0.1) is 0 Å². The van der Waals surface area contributed by atoms with Crippen LogP contribution in [0.3, 0.4) is 0 Å². The second kappa shape index (κ2) is 5.04. The van der Waals surface area contributed by atoms with E-state index in [1.54, 1.807) is 6.07 Å². The number of nitrogens with zero attached hydrogens (tertiary/aromatic N) is 1. The molecule has 0 aliphatic heterocycles. The van der Waals surface area contributed by atoms with Crippen molar-refractivity contribution in [2.24, 2.45) is 5.92 Å². The van der Waals surface area contributed by atoms with Crippen LogP contribution in [0.4, 0.5) is 10.3 Å². The Morgan fingerprint density at radius 3 is 2.94 bits per heavy atom. The Kier molecular flexibility index (Phi) is 3.66. The third-order valence-corrected chi connectivity index (χ3v) is 3.93. The topological polar surface area (TPSA) is 40.7 Å². The summed E-state index contributed by atoms with van der Waals surface area (Å²) in [7, 11) is 0. The summed E-state index contributed by atoms with van der Waals surface area (Å²) in [5.74, 6) is 0.917. The molecule has 2 atom stereocenters. The molecule has 1 aromatic carbocycles. The van der Waals surface area contributed by atoms with Crippen LogP contribution < -0.4 is 5.32 Å². The summed E-state index contributed by atoms with van der Waals surface area (Å²) in [6.45, 7) is 4.24. The van der Waals surface area contributed by atoms with Crippen molar-refractivity contribution >= 4 is 32.9 Å². The van der Waals surface area contributed by atoms with Crippen LogP contribution in [-0.4, -0.2) is 21.3 Å². The van der Waals surface area contributed by atoms with Crippen LogP contribution in [0.5, 0.6) is 0 Å². The van der Waals surface area contributed by atoms with Crippen molar-refractivity contribution in [2.75, 3.05) is 10.6 Å². The maximum atomic E-state index is 13.0. The van der Waals surface area contributed by atoms with Gasteiger partial charge in [0.15, 0.2) is 0 Å². The number of anilines is 1. The van der Waals surface area contributed by atoms with E-state index in [1.165, 1.54) is 12.1 Å². The van der Waals surface area contributed by atoms with Gasteiger partial charge in [0.1, 0.15) is 5.82 Å². The fourth-order valence-electron chi connectivity index (χ4n) is 1.54. The molecule has 0 bridgehead atoms. The molecule has 3 nitrogen and oxygen atoms in total. The first kappa shape index (κ1) is 12.4. The Labute approximate surface area is 108 Å². The summed E-state index contributed by atoms with van der Waals surface area (Å²) < 4.78 is 13.0. The normalized spacial score (nSPS) is 14.8. The van der Waals surface area contributed by atoms with Crippen molar-refractivity contribution in [2.45, 2.75) is 19.9 Å². The summed E-state index contributed by atoms with van der Waals surface area (Å²) in [5.41, 5.74) is 1.48. The molecular weight excluding hydrogens is 285 g/mol. The molecule has 0 radical (unpaired) electrons. The molecule has 2 aromatic rings. The minimum Gasteiger partial charge on any atom is -0.353 e. The fraction of sp³-hybridized carbons (Fsp3) is 0.417. The zero-order valence-corrected chi connectivity index (χ0v) is 11.4. The number of H-pyrrole nitrogens is 1. The maximum Gasteiger partial charge on any atom is 0.201 e. The lowest BCUT2D eigenvalue weighted by Crippen LogP contribution is -2.25. The summed E-state index contributed by atoms with van der Waals surface area (Å²) in [6.07, 6.45) is 0. The lowest BCUT2D eigenvalue weighted by Gasteiger charge is -2.18. The van der Waals surface area contributed by atoms with Gasteiger partial charge >= 0.3 is 0 Å². The standard InChI is InChI=1S/C12H15BrFN3/c1-7(6-13)8(2)15-12-16-10-4-3-9(14)5-11(10)17-12/h3-5,7-8H,6H2,1-2H3,(H2,15,16,17). The molecular formula is C12H15BrFN3. The average molecular weight is 300 g/mol. The van der Waals surface area contributed by atoms with Gasteiger partial charge in [0.05, 0.1) is 11.0 Å². The van der Waals surface area contributed by atoms with Crippen LogP contribution in [0.15, 0.2) is 18.2 Å². The minimum atomic E-state index is -0.255. The first-order chi connectivity index (χ1) is 8.10. The SMILES string of the molecule is CC(CBr)C(C)Nc1nc2ccc(F)cc2[nH]1. The zero-order chi connectivity index (χ0) is 12.4. The molecule has 0 aliphatic carbocycles. The summed E-state index contributed by atoms with van der Waals surface area (Å²) >= 11 is 3.45. The van der Waals surface area contributed by atoms with Crippen LogP contribution in [-0.2, 0) is 0 Å². The van der Waals surface area contributed by atoms with Crippen molar-refractivity contribution in [1.29, 1.82) is 0 Å². The average Bonchev–Trinajstić information content (AvgIpc) is 2.69. The van der Waals surface area contributed by atoms with Gasteiger partial charge in [0, 0.05) is 11.4 Å². The van der Waals surface area contributed by atoms with Crippen molar-refractivity contribution in [1.82, 2.24) is 9.97 Å². The van der Waals surface area contributed by atoms with Gasteiger partial charge in [-0.3, -0.25) is 0 Å². The van der Waals surface area contributed by atoms with E-state index < -0.39 is 0 Å². The highest BCUT2D eigenvalue weighted by atomic mass is 79.9. The highest BCUT2D eigenvalue weighted by molar-refractivity contribution is 9.09. The Balaban J connectivity index is 2.19. The third-order valence-electron chi connectivity index (χ3n) is 2.91. The number of fused-ring (bicyclic) bond motifs is 1. The number of aromatic amines is 1. The van der Waals surface area contributed by atoms with Gasteiger partial charge < -0.3 is 10.3 Å². The molecule has 0 saturated carbocycles. The number of benzene rings is 1. The van der Waals surface area contributed by atoms with E-state index in [0.717, 1.165) is 10.8 Å². The highest BCUT2D eigenvalue weighted by Crippen LogP contribution is 2.17. The van der Waals surface area contributed by atoms with E-state index in [-0.39, 0.29) is 5.82 Å². The van der Waals surface area contributed by atoms with Crippen LogP contribution in [0.25, 0.3) is 11.0 Å². The number of hydrogen-bond donors (Lipinski definition) is 2. The van der Waals surface area contributed by atoms with Crippen molar-refractivity contribution in [3.05, 3.63) is 24.0 Å². The van der Waals surface area contributed by atoms with Crippen molar-refractivity contribution in [3.63, 3.8) is 0 Å². The molecule has 0 fully saturated rings.